The molecule has 4 aromatic rings. The maximum atomic E-state index is 13.6. The van der Waals surface area contributed by atoms with E-state index >= 15 is 0 Å². The van der Waals surface area contributed by atoms with Crippen LogP contribution >= 0.6 is 0 Å². The number of aliphatic hydroxyl groups excluding tert-OH is 1. The fourth-order valence-electron chi connectivity index (χ4n) is 3.18. The quantitative estimate of drug-likeness (QED) is 0.333. The molecule has 4 heterocycles. The van der Waals surface area contributed by atoms with Crippen LogP contribution in [0.25, 0.3) is 33.5 Å². The number of nitrogens with one attached hydrogen (secondary N) is 2. The molecule has 0 saturated carbocycles. The van der Waals surface area contributed by atoms with Gasteiger partial charge in [0.25, 0.3) is 0 Å². The van der Waals surface area contributed by atoms with Gasteiger partial charge in [0.05, 0.1) is 19.9 Å². The standard InChI is InChI=1S/C19H19FN6O3/c1-10(19(28)29-2)24-15(27)9-26-4-3-11-6-21-17(25-18(11)26)14-8-23-16-13(14)5-12(20)7-22-16/h3-8,10,15,24,27H,9H2,1-2H3,(H,22,23)/t10-,15?/m0/s1. The molecule has 0 fully saturated rings. The first-order chi connectivity index (χ1) is 14.0. The number of carbonyl (C=O) groups is 1. The third-order valence-electron chi connectivity index (χ3n) is 4.61. The van der Waals surface area contributed by atoms with Gasteiger partial charge in [-0.25, -0.2) is 19.3 Å². The van der Waals surface area contributed by atoms with E-state index in [2.05, 4.69) is 30.0 Å². The number of esters is 1. The highest BCUT2D eigenvalue weighted by atomic mass is 19.1. The summed E-state index contributed by atoms with van der Waals surface area (Å²) in [6.07, 6.45) is 5.26. The molecule has 0 bridgehead atoms. The average Bonchev–Trinajstić information content (AvgIpc) is 3.30. The zero-order valence-electron chi connectivity index (χ0n) is 15.8. The number of methoxy groups -OCH3 is 1. The zero-order valence-corrected chi connectivity index (χ0v) is 15.8. The van der Waals surface area contributed by atoms with Gasteiger partial charge in [-0.3, -0.25) is 10.1 Å². The Balaban J connectivity index is 1.64. The van der Waals surface area contributed by atoms with Crippen LogP contribution in [-0.2, 0) is 16.1 Å². The zero-order chi connectivity index (χ0) is 20.5. The van der Waals surface area contributed by atoms with Gasteiger partial charge in [0.1, 0.15) is 29.4 Å². The number of ether oxygens (including phenoxy) is 1. The Labute approximate surface area is 164 Å². The number of carbonyl (C=O) groups excluding carboxylic acids is 1. The number of nitrogens with zero attached hydrogens (tertiary/aromatic N) is 4. The minimum absolute atomic E-state index is 0.158. The van der Waals surface area contributed by atoms with E-state index in [0.717, 1.165) is 11.6 Å². The molecule has 4 aromatic heterocycles. The normalized spacial score (nSPS) is 13.7. The molecule has 3 N–H and O–H groups in total. The van der Waals surface area contributed by atoms with Gasteiger partial charge in [-0.15, -0.1) is 0 Å². The molecule has 0 spiro atoms. The number of hydrogen-bond acceptors (Lipinski definition) is 7. The largest absolute Gasteiger partial charge is 0.468 e. The summed E-state index contributed by atoms with van der Waals surface area (Å²) in [6, 6.07) is 2.55. The van der Waals surface area contributed by atoms with Gasteiger partial charge in [0.2, 0.25) is 0 Å². The van der Waals surface area contributed by atoms with Crippen molar-refractivity contribution in [3.8, 4) is 11.4 Å². The van der Waals surface area contributed by atoms with Crippen LogP contribution in [0.2, 0.25) is 0 Å². The molecule has 4 rings (SSSR count). The minimum atomic E-state index is -0.996. The van der Waals surface area contributed by atoms with Gasteiger partial charge < -0.3 is 19.4 Å². The Kier molecular flexibility index (Phi) is 4.95. The lowest BCUT2D eigenvalue weighted by Crippen LogP contribution is -2.43. The molecule has 0 aliphatic rings. The van der Waals surface area contributed by atoms with Gasteiger partial charge in [-0.2, -0.15) is 0 Å². The van der Waals surface area contributed by atoms with Crippen molar-refractivity contribution >= 4 is 28.0 Å². The Bertz CT molecular complexity index is 1190. The van der Waals surface area contributed by atoms with Gasteiger partial charge >= 0.3 is 5.97 Å². The van der Waals surface area contributed by atoms with Gasteiger partial charge in [-0.1, -0.05) is 0 Å². The fourth-order valence-corrected chi connectivity index (χ4v) is 3.18. The number of H-pyrrole nitrogens is 1. The van der Waals surface area contributed by atoms with E-state index in [9.17, 15) is 14.3 Å². The second-order valence-corrected chi connectivity index (χ2v) is 6.62. The average molecular weight is 398 g/mol. The van der Waals surface area contributed by atoms with Crippen LogP contribution in [0.5, 0.6) is 0 Å². The Hall–Kier alpha value is -3.37. The van der Waals surface area contributed by atoms with Crippen molar-refractivity contribution in [2.24, 2.45) is 0 Å². The Morgan fingerprint density at radius 3 is 3.03 bits per heavy atom. The molecule has 1 unspecified atom stereocenters. The predicted octanol–water partition coefficient (Wildman–Crippen LogP) is 1.58. The van der Waals surface area contributed by atoms with Gasteiger partial charge in [0.15, 0.2) is 5.82 Å². The summed E-state index contributed by atoms with van der Waals surface area (Å²) in [4.78, 5) is 27.5. The molecule has 0 saturated heterocycles. The van der Waals surface area contributed by atoms with Crippen LogP contribution in [0.4, 0.5) is 4.39 Å². The lowest BCUT2D eigenvalue weighted by molar-refractivity contribution is -0.143. The van der Waals surface area contributed by atoms with E-state index in [1.807, 2.05) is 6.07 Å². The molecule has 9 nitrogen and oxygen atoms in total. The summed E-state index contributed by atoms with van der Waals surface area (Å²) in [7, 11) is 1.29. The van der Waals surface area contributed by atoms with Crippen molar-refractivity contribution in [1.82, 2.24) is 29.8 Å². The van der Waals surface area contributed by atoms with Crippen LogP contribution in [0.1, 0.15) is 6.92 Å². The Morgan fingerprint density at radius 2 is 2.24 bits per heavy atom. The molecule has 0 radical (unpaired) electrons. The number of aromatic nitrogens is 5. The SMILES string of the molecule is COC(=O)[C@H](C)NC(O)Cn1ccc2cnc(-c3c[nH]c4ncc(F)cc34)nc21. The lowest BCUT2D eigenvalue weighted by atomic mass is 10.2. The second kappa shape index (κ2) is 7.57. The molecular weight excluding hydrogens is 379 g/mol. The first-order valence-corrected chi connectivity index (χ1v) is 8.93. The van der Waals surface area contributed by atoms with E-state index in [4.69, 9.17) is 0 Å². The topological polar surface area (TPSA) is 118 Å². The Morgan fingerprint density at radius 1 is 1.41 bits per heavy atom. The third-order valence-corrected chi connectivity index (χ3v) is 4.61. The van der Waals surface area contributed by atoms with Crippen molar-refractivity contribution in [2.45, 2.75) is 25.7 Å². The van der Waals surface area contributed by atoms with E-state index in [1.165, 1.54) is 13.2 Å². The van der Waals surface area contributed by atoms with E-state index in [1.54, 1.807) is 30.1 Å². The monoisotopic (exact) mass is 398 g/mol. The molecule has 0 aromatic carbocycles. The maximum Gasteiger partial charge on any atom is 0.322 e. The summed E-state index contributed by atoms with van der Waals surface area (Å²) < 4.78 is 20.0. The van der Waals surface area contributed by atoms with E-state index < -0.39 is 24.1 Å². The van der Waals surface area contributed by atoms with Gasteiger partial charge in [-0.05, 0) is 19.1 Å². The number of fused-ring (bicyclic) bond motifs is 2. The maximum absolute atomic E-state index is 13.6. The van der Waals surface area contributed by atoms with Crippen molar-refractivity contribution < 1.29 is 19.0 Å². The molecule has 10 heteroatoms. The highest BCUT2D eigenvalue weighted by Gasteiger charge is 2.18. The van der Waals surface area contributed by atoms with Crippen LogP contribution in [0.15, 0.2) is 36.9 Å². The first kappa shape index (κ1) is 19.0. The highest BCUT2D eigenvalue weighted by Crippen LogP contribution is 2.26. The summed E-state index contributed by atoms with van der Waals surface area (Å²) in [5.41, 5.74) is 1.76. The lowest BCUT2D eigenvalue weighted by Gasteiger charge is -2.18. The minimum Gasteiger partial charge on any atom is -0.468 e. The number of halogens is 1. The number of rotatable bonds is 6. The molecule has 0 aliphatic carbocycles. The molecular formula is C19H19FN6O3. The number of aliphatic hydroxyl groups is 1. The van der Waals surface area contributed by atoms with E-state index in [0.29, 0.717) is 28.1 Å². The molecule has 0 amide bonds. The van der Waals surface area contributed by atoms with Gasteiger partial charge in [0, 0.05) is 34.9 Å². The number of pyridine rings is 1. The summed E-state index contributed by atoms with van der Waals surface area (Å²) in [6.45, 7) is 1.76. The smallest absolute Gasteiger partial charge is 0.322 e. The van der Waals surface area contributed by atoms with Crippen LogP contribution < -0.4 is 5.32 Å². The third kappa shape index (κ3) is 3.67. The first-order valence-electron chi connectivity index (χ1n) is 8.93. The predicted molar refractivity (Wildman–Crippen MR) is 103 cm³/mol. The summed E-state index contributed by atoms with van der Waals surface area (Å²) in [5.74, 6) is -0.510. The van der Waals surface area contributed by atoms with Crippen LogP contribution in [0.3, 0.4) is 0 Å². The second-order valence-electron chi connectivity index (χ2n) is 6.62. The van der Waals surface area contributed by atoms with Crippen molar-refractivity contribution in [2.75, 3.05) is 7.11 Å². The summed E-state index contributed by atoms with van der Waals surface area (Å²) in [5, 5.41) is 14.4. The van der Waals surface area contributed by atoms with E-state index in [-0.39, 0.29) is 6.54 Å². The molecule has 0 aliphatic heterocycles. The number of aromatic amines is 1. The fraction of sp³-hybridized carbons (Fsp3) is 0.263. The summed E-state index contributed by atoms with van der Waals surface area (Å²) >= 11 is 0. The highest BCUT2D eigenvalue weighted by molar-refractivity contribution is 5.92. The van der Waals surface area contributed by atoms with Crippen LogP contribution in [0, 0.1) is 5.82 Å². The molecule has 150 valence electrons. The van der Waals surface area contributed by atoms with Crippen molar-refractivity contribution in [3.05, 3.63) is 42.7 Å². The van der Waals surface area contributed by atoms with Crippen molar-refractivity contribution in [1.29, 1.82) is 0 Å². The molecule has 2 atom stereocenters. The number of hydrogen-bond donors (Lipinski definition) is 3. The van der Waals surface area contributed by atoms with Crippen LogP contribution in [-0.4, -0.2) is 55.0 Å². The molecule has 29 heavy (non-hydrogen) atoms. The van der Waals surface area contributed by atoms with Crippen molar-refractivity contribution in [3.63, 3.8) is 0 Å².